The van der Waals surface area contributed by atoms with Crippen LogP contribution in [0.5, 0.6) is 0 Å². The lowest BCUT2D eigenvalue weighted by Gasteiger charge is -2.13. The van der Waals surface area contributed by atoms with Crippen LogP contribution in [0.25, 0.3) is 11.0 Å². The number of nitrogens with one attached hydrogen (secondary N) is 1. The molecular weight excluding hydrogens is 266 g/mol. The van der Waals surface area contributed by atoms with E-state index in [0.29, 0.717) is 11.4 Å². The highest BCUT2D eigenvalue weighted by atomic mass is 16.2. The maximum atomic E-state index is 12.3. The van der Waals surface area contributed by atoms with Crippen molar-refractivity contribution in [2.24, 2.45) is 0 Å². The first-order valence-corrected chi connectivity index (χ1v) is 6.61. The number of nitrogens with zero attached hydrogens (tertiary/aromatic N) is 3. The molecule has 0 bridgehead atoms. The summed E-state index contributed by atoms with van der Waals surface area (Å²) in [5.74, 6) is -0.170. The molecule has 2 aromatic carbocycles. The van der Waals surface area contributed by atoms with Crippen LogP contribution in [0.4, 0.5) is 11.4 Å². The SMILES string of the molecule is C[C@H](C(=O)Nc1cccc(N)c1)n1nnc2ccccc21. The number of hydrogen-bond donors (Lipinski definition) is 2. The second-order valence-corrected chi connectivity index (χ2v) is 4.81. The van der Waals surface area contributed by atoms with Gasteiger partial charge in [0.05, 0.1) is 5.52 Å². The summed E-state index contributed by atoms with van der Waals surface area (Å²) in [7, 11) is 0. The number of benzene rings is 2. The Morgan fingerprint density at radius 3 is 2.86 bits per heavy atom. The molecule has 0 spiro atoms. The van der Waals surface area contributed by atoms with Gasteiger partial charge in [-0.3, -0.25) is 4.79 Å². The number of fused-ring (bicyclic) bond motifs is 1. The minimum absolute atomic E-state index is 0.170. The van der Waals surface area contributed by atoms with Crippen molar-refractivity contribution in [2.45, 2.75) is 13.0 Å². The van der Waals surface area contributed by atoms with E-state index in [-0.39, 0.29) is 5.91 Å². The Balaban J connectivity index is 1.84. The van der Waals surface area contributed by atoms with Crippen molar-refractivity contribution in [1.82, 2.24) is 15.0 Å². The summed E-state index contributed by atoms with van der Waals surface area (Å²) < 4.78 is 1.61. The third-order valence-corrected chi connectivity index (χ3v) is 3.28. The Kier molecular flexibility index (Phi) is 3.27. The van der Waals surface area contributed by atoms with Crippen LogP contribution < -0.4 is 11.1 Å². The van der Waals surface area contributed by atoms with Crippen molar-refractivity contribution < 1.29 is 4.79 Å². The Hall–Kier alpha value is -2.89. The van der Waals surface area contributed by atoms with Crippen LogP contribution in [0.15, 0.2) is 48.5 Å². The zero-order valence-corrected chi connectivity index (χ0v) is 11.5. The van der Waals surface area contributed by atoms with Gasteiger partial charge in [0.2, 0.25) is 5.91 Å². The predicted octanol–water partition coefficient (Wildman–Crippen LogP) is 2.21. The second kappa shape index (κ2) is 5.24. The molecule has 1 atom stereocenters. The van der Waals surface area contributed by atoms with E-state index in [2.05, 4.69) is 15.6 Å². The average Bonchev–Trinajstić information content (AvgIpc) is 2.90. The fourth-order valence-electron chi connectivity index (χ4n) is 2.15. The summed E-state index contributed by atoms with van der Waals surface area (Å²) in [6.45, 7) is 1.78. The number of rotatable bonds is 3. The van der Waals surface area contributed by atoms with Crippen LogP contribution in [0, 0.1) is 0 Å². The Morgan fingerprint density at radius 2 is 2.05 bits per heavy atom. The number of carbonyl (C=O) groups is 1. The van der Waals surface area contributed by atoms with Crippen molar-refractivity contribution in [3.05, 3.63) is 48.5 Å². The molecule has 106 valence electrons. The zero-order valence-electron chi connectivity index (χ0n) is 11.5. The highest BCUT2D eigenvalue weighted by Gasteiger charge is 2.18. The van der Waals surface area contributed by atoms with Gasteiger partial charge < -0.3 is 11.1 Å². The van der Waals surface area contributed by atoms with Gasteiger partial charge in [-0.05, 0) is 37.3 Å². The number of anilines is 2. The minimum Gasteiger partial charge on any atom is -0.399 e. The van der Waals surface area contributed by atoms with Crippen molar-refractivity contribution in [1.29, 1.82) is 0 Å². The van der Waals surface area contributed by atoms with E-state index in [1.165, 1.54) is 0 Å². The van der Waals surface area contributed by atoms with E-state index in [9.17, 15) is 4.79 Å². The van der Waals surface area contributed by atoms with Gasteiger partial charge >= 0.3 is 0 Å². The summed E-state index contributed by atoms with van der Waals surface area (Å²) in [5, 5.41) is 10.9. The van der Waals surface area contributed by atoms with Gasteiger partial charge in [-0.25, -0.2) is 4.68 Å². The molecule has 0 saturated heterocycles. The largest absolute Gasteiger partial charge is 0.399 e. The molecule has 0 saturated carbocycles. The number of para-hydroxylation sites is 1. The molecule has 21 heavy (non-hydrogen) atoms. The number of nitrogen functional groups attached to an aromatic ring is 1. The molecule has 1 heterocycles. The first-order valence-electron chi connectivity index (χ1n) is 6.61. The molecular formula is C15H15N5O. The van der Waals surface area contributed by atoms with Crippen molar-refractivity contribution >= 4 is 28.3 Å². The second-order valence-electron chi connectivity index (χ2n) is 4.81. The molecule has 6 heteroatoms. The quantitative estimate of drug-likeness (QED) is 0.721. The normalized spacial score (nSPS) is 12.2. The highest BCUT2D eigenvalue weighted by molar-refractivity contribution is 5.94. The van der Waals surface area contributed by atoms with Gasteiger partial charge in [0.25, 0.3) is 0 Å². The summed E-state index contributed by atoms with van der Waals surface area (Å²) >= 11 is 0. The average molecular weight is 281 g/mol. The van der Waals surface area contributed by atoms with Gasteiger partial charge in [0.1, 0.15) is 11.6 Å². The van der Waals surface area contributed by atoms with Crippen LogP contribution in [0.2, 0.25) is 0 Å². The predicted molar refractivity (Wildman–Crippen MR) is 81.7 cm³/mol. The van der Waals surface area contributed by atoms with Gasteiger partial charge in [-0.1, -0.05) is 23.4 Å². The van der Waals surface area contributed by atoms with Gasteiger partial charge in [-0.2, -0.15) is 0 Å². The third-order valence-electron chi connectivity index (χ3n) is 3.28. The van der Waals surface area contributed by atoms with Crippen molar-refractivity contribution in [3.63, 3.8) is 0 Å². The van der Waals surface area contributed by atoms with Crippen molar-refractivity contribution in [3.8, 4) is 0 Å². The van der Waals surface area contributed by atoms with E-state index in [1.807, 2.05) is 24.3 Å². The van der Waals surface area contributed by atoms with Crippen molar-refractivity contribution in [2.75, 3.05) is 11.1 Å². The molecule has 0 unspecified atom stereocenters. The number of carbonyl (C=O) groups excluding carboxylic acids is 1. The van der Waals surface area contributed by atoms with Crippen LogP contribution >= 0.6 is 0 Å². The number of nitrogens with two attached hydrogens (primary N) is 1. The molecule has 1 aromatic heterocycles. The lowest BCUT2D eigenvalue weighted by Crippen LogP contribution is -2.24. The molecule has 6 nitrogen and oxygen atoms in total. The maximum absolute atomic E-state index is 12.3. The zero-order chi connectivity index (χ0) is 14.8. The van der Waals surface area contributed by atoms with Gasteiger partial charge in [-0.15, -0.1) is 5.10 Å². The van der Waals surface area contributed by atoms with Gasteiger partial charge in [0.15, 0.2) is 0 Å². The number of aromatic nitrogens is 3. The third kappa shape index (κ3) is 2.55. The number of hydrogen-bond acceptors (Lipinski definition) is 4. The van der Waals surface area contributed by atoms with E-state index in [0.717, 1.165) is 11.0 Å². The molecule has 1 amide bonds. The smallest absolute Gasteiger partial charge is 0.249 e. The van der Waals surface area contributed by atoms with E-state index in [1.54, 1.807) is 35.9 Å². The molecule has 3 aromatic rings. The molecule has 3 N–H and O–H groups in total. The molecule has 0 aliphatic carbocycles. The lowest BCUT2D eigenvalue weighted by atomic mass is 10.2. The summed E-state index contributed by atoms with van der Waals surface area (Å²) in [5.41, 5.74) is 8.56. The monoisotopic (exact) mass is 281 g/mol. The van der Waals surface area contributed by atoms with Crippen LogP contribution in [-0.4, -0.2) is 20.9 Å². The van der Waals surface area contributed by atoms with Crippen LogP contribution in [0.1, 0.15) is 13.0 Å². The molecule has 0 aliphatic heterocycles. The Morgan fingerprint density at radius 1 is 1.24 bits per heavy atom. The summed E-state index contributed by atoms with van der Waals surface area (Å²) in [6, 6.07) is 14.1. The maximum Gasteiger partial charge on any atom is 0.249 e. The Bertz CT molecular complexity index is 795. The van der Waals surface area contributed by atoms with E-state index < -0.39 is 6.04 Å². The lowest BCUT2D eigenvalue weighted by molar-refractivity contribution is -0.119. The van der Waals surface area contributed by atoms with Crippen LogP contribution in [0.3, 0.4) is 0 Å². The topological polar surface area (TPSA) is 85.8 Å². The summed E-state index contributed by atoms with van der Waals surface area (Å²) in [6.07, 6.45) is 0. The fourth-order valence-corrected chi connectivity index (χ4v) is 2.15. The first-order chi connectivity index (χ1) is 10.1. The standard InChI is InChI=1S/C15H15N5O/c1-10(15(21)17-12-6-4-5-11(16)9-12)20-14-8-3-2-7-13(14)18-19-20/h2-10H,16H2,1H3,(H,17,21)/t10-/m1/s1. The summed E-state index contributed by atoms with van der Waals surface area (Å²) in [4.78, 5) is 12.3. The highest BCUT2D eigenvalue weighted by Crippen LogP contribution is 2.18. The Labute approximate surface area is 121 Å². The number of amides is 1. The molecule has 0 fully saturated rings. The van der Waals surface area contributed by atoms with E-state index in [4.69, 9.17) is 5.73 Å². The van der Waals surface area contributed by atoms with Crippen LogP contribution in [-0.2, 0) is 4.79 Å². The molecule has 0 aliphatic rings. The molecule has 0 radical (unpaired) electrons. The van der Waals surface area contributed by atoms with E-state index >= 15 is 0 Å². The minimum atomic E-state index is -0.473. The first kappa shape index (κ1) is 13.1. The van der Waals surface area contributed by atoms with Gasteiger partial charge in [0, 0.05) is 11.4 Å². The fraction of sp³-hybridized carbons (Fsp3) is 0.133. The molecule has 3 rings (SSSR count).